The topological polar surface area (TPSA) is 42.9 Å². The second-order valence-corrected chi connectivity index (χ2v) is 8.37. The van der Waals surface area contributed by atoms with Crippen molar-refractivity contribution in [2.45, 2.75) is 31.7 Å². The van der Waals surface area contributed by atoms with Gasteiger partial charge in [-0.25, -0.2) is 0 Å². The van der Waals surface area contributed by atoms with Crippen LogP contribution in [0.15, 0.2) is 34.2 Å². The van der Waals surface area contributed by atoms with E-state index in [0.29, 0.717) is 6.04 Å². The zero-order valence-electron chi connectivity index (χ0n) is 17.3. The minimum Gasteiger partial charge on any atom is -0.357 e. The molecule has 1 unspecified atom stereocenters. The van der Waals surface area contributed by atoms with Gasteiger partial charge in [-0.3, -0.25) is 9.89 Å². The van der Waals surface area contributed by atoms with Gasteiger partial charge in [-0.05, 0) is 44.7 Å². The molecule has 0 spiro atoms. The summed E-state index contributed by atoms with van der Waals surface area (Å²) in [5.41, 5.74) is 0. The second-order valence-electron chi connectivity index (χ2n) is 6.77. The molecular weight excluding hydrogens is 505 g/mol. The molecule has 0 radical (unpaired) electrons. The number of nitrogens with zero attached hydrogens (tertiary/aromatic N) is 3. The van der Waals surface area contributed by atoms with Crippen molar-refractivity contribution in [1.82, 2.24) is 20.4 Å². The van der Waals surface area contributed by atoms with Gasteiger partial charge in [-0.2, -0.15) is 0 Å². The summed E-state index contributed by atoms with van der Waals surface area (Å²) in [5, 5.41) is 7.57. The van der Waals surface area contributed by atoms with E-state index in [-0.39, 0.29) is 24.0 Å². The van der Waals surface area contributed by atoms with Crippen molar-refractivity contribution in [2.24, 2.45) is 4.99 Å². The molecule has 8 heteroatoms. The summed E-state index contributed by atoms with van der Waals surface area (Å²) < 4.78 is 0. The Morgan fingerprint density at radius 3 is 2.43 bits per heavy atom. The highest BCUT2D eigenvalue weighted by Crippen LogP contribution is 2.19. The normalized spacial score (nSPS) is 17.1. The molecule has 1 heterocycles. The van der Waals surface area contributed by atoms with E-state index in [4.69, 9.17) is 16.6 Å². The minimum atomic E-state index is 0. The number of aliphatic imine (C=N–C) groups is 1. The Kier molecular flexibility index (Phi) is 13.6. The molecule has 1 fully saturated rings. The second kappa shape index (κ2) is 14.7. The van der Waals surface area contributed by atoms with Crippen LogP contribution in [0.3, 0.4) is 0 Å². The van der Waals surface area contributed by atoms with Gasteiger partial charge in [0.1, 0.15) is 0 Å². The number of thioether (sulfide) groups is 1. The van der Waals surface area contributed by atoms with Crippen molar-refractivity contribution >= 4 is 53.3 Å². The third-order valence-corrected chi connectivity index (χ3v) is 6.08. The van der Waals surface area contributed by atoms with Gasteiger partial charge in [-0.1, -0.05) is 18.5 Å². The van der Waals surface area contributed by atoms with Crippen LogP contribution in [0.25, 0.3) is 0 Å². The fourth-order valence-electron chi connectivity index (χ4n) is 3.07. The first kappa shape index (κ1) is 25.8. The van der Waals surface area contributed by atoms with Crippen LogP contribution in [0.2, 0.25) is 5.02 Å². The maximum absolute atomic E-state index is 5.93. The van der Waals surface area contributed by atoms with Gasteiger partial charge in [-0.15, -0.1) is 35.7 Å². The molecule has 1 aliphatic heterocycles. The highest BCUT2D eigenvalue weighted by atomic mass is 127. The van der Waals surface area contributed by atoms with E-state index in [0.717, 1.165) is 56.0 Å². The lowest BCUT2D eigenvalue weighted by Gasteiger charge is -2.37. The summed E-state index contributed by atoms with van der Waals surface area (Å²) in [6, 6.07) is 8.47. The Balaban J connectivity index is 0.00000392. The summed E-state index contributed by atoms with van der Waals surface area (Å²) in [4.78, 5) is 11.1. The zero-order chi connectivity index (χ0) is 19.5. The predicted molar refractivity (Wildman–Crippen MR) is 135 cm³/mol. The molecule has 2 N–H and O–H groups in total. The van der Waals surface area contributed by atoms with Gasteiger partial charge in [0.05, 0.1) is 6.54 Å². The van der Waals surface area contributed by atoms with E-state index in [1.54, 1.807) is 0 Å². The van der Waals surface area contributed by atoms with E-state index >= 15 is 0 Å². The Labute approximate surface area is 197 Å². The fraction of sp³-hybridized carbons (Fsp3) is 0.650. The molecule has 1 aromatic rings. The molecule has 1 saturated heterocycles. The molecular formula is C20H35ClIN5S. The average molecular weight is 540 g/mol. The number of halogens is 2. The molecule has 160 valence electrons. The standard InChI is InChI=1S/C20H34ClN5S.HI/c1-4-22-20(23-10-15-27-19-8-6-18(21)7-9-19)24-16-17(3)26-13-11-25(5-2)12-14-26;/h6-9,17H,4-5,10-16H2,1-3H3,(H2,22,23,24);1H. The zero-order valence-corrected chi connectivity index (χ0v) is 21.2. The van der Waals surface area contributed by atoms with Gasteiger partial charge in [0, 0.05) is 61.0 Å². The minimum absolute atomic E-state index is 0. The fourth-order valence-corrected chi connectivity index (χ4v) is 3.96. The molecule has 1 atom stereocenters. The molecule has 28 heavy (non-hydrogen) atoms. The number of hydrogen-bond donors (Lipinski definition) is 2. The first-order valence-electron chi connectivity index (χ1n) is 9.99. The Morgan fingerprint density at radius 1 is 1.14 bits per heavy atom. The Hall–Kier alpha value is -0.220. The summed E-state index contributed by atoms with van der Waals surface area (Å²) in [6.45, 7) is 15.0. The van der Waals surface area contributed by atoms with Crippen molar-refractivity contribution in [3.63, 3.8) is 0 Å². The van der Waals surface area contributed by atoms with Crippen LogP contribution >= 0.6 is 47.3 Å². The molecule has 1 aromatic carbocycles. The number of hydrogen-bond acceptors (Lipinski definition) is 4. The smallest absolute Gasteiger partial charge is 0.191 e. The monoisotopic (exact) mass is 539 g/mol. The lowest BCUT2D eigenvalue weighted by molar-refractivity contribution is 0.109. The van der Waals surface area contributed by atoms with Gasteiger partial charge in [0.25, 0.3) is 0 Å². The van der Waals surface area contributed by atoms with Crippen molar-refractivity contribution < 1.29 is 0 Å². The number of nitrogens with one attached hydrogen (secondary N) is 2. The molecule has 0 amide bonds. The number of piperazine rings is 1. The molecule has 5 nitrogen and oxygen atoms in total. The highest BCUT2D eigenvalue weighted by molar-refractivity contribution is 14.0. The first-order valence-corrected chi connectivity index (χ1v) is 11.4. The highest BCUT2D eigenvalue weighted by Gasteiger charge is 2.19. The first-order chi connectivity index (χ1) is 13.1. The molecule has 2 rings (SSSR count). The van der Waals surface area contributed by atoms with Gasteiger partial charge < -0.3 is 15.5 Å². The van der Waals surface area contributed by atoms with E-state index in [2.05, 4.69) is 53.3 Å². The summed E-state index contributed by atoms with van der Waals surface area (Å²) in [6.07, 6.45) is 0. The van der Waals surface area contributed by atoms with Crippen LogP contribution in [0, 0.1) is 0 Å². The van der Waals surface area contributed by atoms with Crippen LogP contribution < -0.4 is 10.6 Å². The lowest BCUT2D eigenvalue weighted by Crippen LogP contribution is -2.50. The van der Waals surface area contributed by atoms with Gasteiger partial charge in [0.2, 0.25) is 0 Å². The van der Waals surface area contributed by atoms with Gasteiger partial charge >= 0.3 is 0 Å². The maximum atomic E-state index is 5.93. The average Bonchev–Trinajstić information content (AvgIpc) is 2.70. The van der Waals surface area contributed by atoms with Crippen LogP contribution in [0.5, 0.6) is 0 Å². The van der Waals surface area contributed by atoms with Gasteiger partial charge in [0.15, 0.2) is 5.96 Å². The maximum Gasteiger partial charge on any atom is 0.191 e. The van der Waals surface area contributed by atoms with Crippen molar-refractivity contribution in [2.75, 3.05) is 58.1 Å². The number of benzene rings is 1. The number of guanidine groups is 1. The van der Waals surface area contributed by atoms with Crippen molar-refractivity contribution in [3.05, 3.63) is 29.3 Å². The Morgan fingerprint density at radius 2 is 1.82 bits per heavy atom. The summed E-state index contributed by atoms with van der Waals surface area (Å²) in [7, 11) is 0. The SMILES string of the molecule is CCNC(=NCC(C)N1CCN(CC)CC1)NCCSc1ccc(Cl)cc1.I. The lowest BCUT2D eigenvalue weighted by atomic mass is 10.2. The van der Waals surface area contributed by atoms with Crippen molar-refractivity contribution in [3.8, 4) is 0 Å². The molecule has 0 aromatic heterocycles. The summed E-state index contributed by atoms with van der Waals surface area (Å²) >= 11 is 7.75. The van der Waals surface area contributed by atoms with E-state index < -0.39 is 0 Å². The summed E-state index contributed by atoms with van der Waals surface area (Å²) in [5.74, 6) is 1.90. The van der Waals surface area contributed by atoms with E-state index in [9.17, 15) is 0 Å². The third-order valence-electron chi connectivity index (χ3n) is 4.81. The van der Waals surface area contributed by atoms with E-state index in [1.807, 2.05) is 23.9 Å². The Bertz CT molecular complexity index is 564. The molecule has 1 aliphatic rings. The van der Waals surface area contributed by atoms with Crippen LogP contribution in [0.4, 0.5) is 0 Å². The quantitative estimate of drug-likeness (QED) is 0.165. The van der Waals surface area contributed by atoms with Crippen LogP contribution in [0.1, 0.15) is 20.8 Å². The molecule has 0 bridgehead atoms. The molecule has 0 saturated carbocycles. The van der Waals surface area contributed by atoms with Crippen LogP contribution in [-0.2, 0) is 0 Å². The van der Waals surface area contributed by atoms with Crippen LogP contribution in [-0.4, -0.2) is 79.9 Å². The largest absolute Gasteiger partial charge is 0.357 e. The van der Waals surface area contributed by atoms with E-state index in [1.165, 1.54) is 18.0 Å². The number of likely N-dealkylation sites (N-methyl/N-ethyl adjacent to an activating group) is 1. The van der Waals surface area contributed by atoms with Crippen molar-refractivity contribution in [1.29, 1.82) is 0 Å². The predicted octanol–water partition coefficient (Wildman–Crippen LogP) is 3.63. The third kappa shape index (κ3) is 9.52. The number of rotatable bonds is 9. The molecule has 0 aliphatic carbocycles.